The van der Waals surface area contributed by atoms with Crippen LogP contribution in [0.5, 0.6) is 11.5 Å². The van der Waals surface area contributed by atoms with Gasteiger partial charge in [-0.2, -0.15) is 0 Å². The molecule has 2 aromatic rings. The van der Waals surface area contributed by atoms with Crippen molar-refractivity contribution in [2.45, 2.75) is 26.8 Å². The number of rotatable bonds is 6. The third-order valence-electron chi connectivity index (χ3n) is 3.53. The molecule has 3 nitrogen and oxygen atoms in total. The Hall–Kier alpha value is -1.52. The molecule has 0 radical (unpaired) electrons. The van der Waals surface area contributed by atoms with Gasteiger partial charge in [-0.1, -0.05) is 13.0 Å². The number of hydrogen-bond donors (Lipinski definition) is 1. The van der Waals surface area contributed by atoms with Gasteiger partial charge < -0.3 is 14.8 Å². The molecule has 0 aliphatic rings. The van der Waals surface area contributed by atoms with E-state index in [1.54, 1.807) is 25.6 Å². The number of benzene rings is 1. The van der Waals surface area contributed by atoms with Crippen LogP contribution >= 0.6 is 11.3 Å². The molecule has 114 valence electrons. The summed E-state index contributed by atoms with van der Waals surface area (Å²) in [7, 11) is 3.43. The number of nitrogens with one attached hydrogen (secondary N) is 1. The maximum Gasteiger partial charge on any atom is 0.129 e. The molecule has 1 N–H and O–H groups in total. The van der Waals surface area contributed by atoms with Gasteiger partial charge in [0.2, 0.25) is 0 Å². The normalized spacial score (nSPS) is 12.2. The van der Waals surface area contributed by atoms with Gasteiger partial charge in [-0.25, -0.2) is 0 Å². The molecule has 0 bridgehead atoms. The molecule has 0 aliphatic heterocycles. The molecular formula is C17H23NO2S. The van der Waals surface area contributed by atoms with Gasteiger partial charge in [-0.15, -0.1) is 11.3 Å². The molecular weight excluding hydrogens is 282 g/mol. The molecule has 1 aromatic heterocycles. The molecule has 1 atom stereocenters. The summed E-state index contributed by atoms with van der Waals surface area (Å²) >= 11 is 1.71. The standard InChI is InChI=1S/C17H23NO2S/c1-6-18-17(15-9-13(19-4)10-21-15)16-12(3)7-11(2)8-14(16)20-5/h7-10,17-18H,6H2,1-5H3. The van der Waals surface area contributed by atoms with Crippen LogP contribution in [0.3, 0.4) is 0 Å². The second kappa shape index (κ2) is 6.96. The summed E-state index contributed by atoms with van der Waals surface area (Å²) in [5.74, 6) is 1.84. The quantitative estimate of drug-likeness (QED) is 0.872. The molecule has 1 unspecified atom stereocenters. The Morgan fingerprint density at radius 3 is 2.48 bits per heavy atom. The maximum atomic E-state index is 5.62. The lowest BCUT2D eigenvalue weighted by Gasteiger charge is -2.22. The van der Waals surface area contributed by atoms with Crippen LogP contribution in [0.25, 0.3) is 0 Å². The van der Waals surface area contributed by atoms with Gasteiger partial charge in [0, 0.05) is 15.8 Å². The van der Waals surface area contributed by atoms with Gasteiger partial charge in [0.15, 0.2) is 0 Å². The van der Waals surface area contributed by atoms with E-state index in [0.29, 0.717) is 0 Å². The zero-order chi connectivity index (χ0) is 15.4. The Morgan fingerprint density at radius 1 is 1.14 bits per heavy atom. The Balaban J connectivity index is 2.52. The van der Waals surface area contributed by atoms with E-state index in [0.717, 1.165) is 18.0 Å². The molecule has 0 saturated heterocycles. The molecule has 0 fully saturated rings. The van der Waals surface area contributed by atoms with Gasteiger partial charge in [0.25, 0.3) is 0 Å². The zero-order valence-electron chi connectivity index (χ0n) is 13.3. The molecule has 0 spiro atoms. The van der Waals surface area contributed by atoms with E-state index in [4.69, 9.17) is 9.47 Å². The van der Waals surface area contributed by atoms with Crippen LogP contribution in [0.4, 0.5) is 0 Å². The van der Waals surface area contributed by atoms with Gasteiger partial charge in [0.1, 0.15) is 11.5 Å². The van der Waals surface area contributed by atoms with Crippen LogP contribution in [0.15, 0.2) is 23.6 Å². The van der Waals surface area contributed by atoms with E-state index >= 15 is 0 Å². The van der Waals surface area contributed by atoms with Crippen molar-refractivity contribution in [1.29, 1.82) is 0 Å². The SMILES string of the molecule is CCNC(c1cc(OC)cs1)c1c(C)cc(C)cc1OC. The van der Waals surface area contributed by atoms with Gasteiger partial charge >= 0.3 is 0 Å². The van der Waals surface area contributed by atoms with E-state index in [1.807, 2.05) is 5.38 Å². The monoisotopic (exact) mass is 305 g/mol. The van der Waals surface area contributed by atoms with E-state index < -0.39 is 0 Å². The summed E-state index contributed by atoms with van der Waals surface area (Å²) in [5.41, 5.74) is 3.66. The first kappa shape index (κ1) is 15.9. The number of aryl methyl sites for hydroxylation is 2. The van der Waals surface area contributed by atoms with Gasteiger partial charge in [0.05, 0.1) is 20.3 Å². The summed E-state index contributed by atoms with van der Waals surface area (Å²) in [4.78, 5) is 1.24. The van der Waals surface area contributed by atoms with Gasteiger partial charge in [-0.3, -0.25) is 0 Å². The second-order valence-corrected chi connectivity index (χ2v) is 6.02. The lowest BCUT2D eigenvalue weighted by atomic mass is 9.96. The molecule has 0 aliphatic carbocycles. The van der Waals surface area contributed by atoms with Crippen LogP contribution in [-0.4, -0.2) is 20.8 Å². The van der Waals surface area contributed by atoms with Crippen molar-refractivity contribution >= 4 is 11.3 Å². The number of hydrogen-bond acceptors (Lipinski definition) is 4. The molecule has 4 heteroatoms. The zero-order valence-corrected chi connectivity index (χ0v) is 14.1. The van der Waals surface area contributed by atoms with Crippen molar-refractivity contribution in [2.24, 2.45) is 0 Å². The van der Waals surface area contributed by atoms with E-state index in [9.17, 15) is 0 Å². The molecule has 21 heavy (non-hydrogen) atoms. The van der Waals surface area contributed by atoms with E-state index in [1.165, 1.54) is 21.6 Å². The maximum absolute atomic E-state index is 5.62. The lowest BCUT2D eigenvalue weighted by Crippen LogP contribution is -2.22. The van der Waals surface area contributed by atoms with Crippen LogP contribution in [0, 0.1) is 13.8 Å². The summed E-state index contributed by atoms with van der Waals surface area (Å²) in [6.07, 6.45) is 0. The van der Waals surface area contributed by atoms with Gasteiger partial charge in [-0.05, 0) is 43.7 Å². The largest absolute Gasteiger partial charge is 0.496 e. The van der Waals surface area contributed by atoms with Crippen LogP contribution < -0.4 is 14.8 Å². The Labute approximate surface area is 130 Å². The van der Waals surface area contributed by atoms with Crippen molar-refractivity contribution in [2.75, 3.05) is 20.8 Å². The van der Waals surface area contributed by atoms with Crippen molar-refractivity contribution in [3.05, 3.63) is 45.1 Å². The predicted octanol–water partition coefficient (Wildman–Crippen LogP) is 4.08. The van der Waals surface area contributed by atoms with Crippen molar-refractivity contribution in [3.63, 3.8) is 0 Å². The summed E-state index contributed by atoms with van der Waals surface area (Å²) in [5, 5.41) is 5.60. The van der Waals surface area contributed by atoms with E-state index in [-0.39, 0.29) is 6.04 Å². The summed E-state index contributed by atoms with van der Waals surface area (Å²) in [6.45, 7) is 7.24. The van der Waals surface area contributed by atoms with Crippen LogP contribution in [0.1, 0.15) is 34.5 Å². The topological polar surface area (TPSA) is 30.5 Å². The first-order chi connectivity index (χ1) is 10.1. The van der Waals surface area contributed by atoms with Crippen molar-refractivity contribution in [3.8, 4) is 11.5 Å². The number of methoxy groups -OCH3 is 2. The van der Waals surface area contributed by atoms with Crippen molar-refractivity contribution in [1.82, 2.24) is 5.32 Å². The Morgan fingerprint density at radius 2 is 1.90 bits per heavy atom. The average Bonchev–Trinajstić information content (AvgIpc) is 2.93. The highest BCUT2D eigenvalue weighted by molar-refractivity contribution is 7.10. The minimum atomic E-state index is 0.124. The third kappa shape index (κ3) is 3.39. The average molecular weight is 305 g/mol. The molecule has 2 rings (SSSR count). The molecule has 1 aromatic carbocycles. The Kier molecular flexibility index (Phi) is 5.26. The molecule has 0 amide bonds. The van der Waals surface area contributed by atoms with Crippen LogP contribution in [-0.2, 0) is 0 Å². The minimum absolute atomic E-state index is 0.124. The fraction of sp³-hybridized carbons (Fsp3) is 0.412. The smallest absolute Gasteiger partial charge is 0.129 e. The summed E-state index contributed by atoms with van der Waals surface area (Å²) in [6, 6.07) is 6.51. The second-order valence-electron chi connectivity index (χ2n) is 5.08. The highest BCUT2D eigenvalue weighted by Gasteiger charge is 2.22. The first-order valence-corrected chi connectivity index (χ1v) is 7.99. The Bertz CT molecular complexity index is 607. The van der Waals surface area contributed by atoms with Crippen molar-refractivity contribution < 1.29 is 9.47 Å². The highest BCUT2D eigenvalue weighted by atomic mass is 32.1. The fourth-order valence-electron chi connectivity index (χ4n) is 2.62. The third-order valence-corrected chi connectivity index (χ3v) is 4.50. The fourth-order valence-corrected chi connectivity index (χ4v) is 3.56. The first-order valence-electron chi connectivity index (χ1n) is 7.11. The van der Waals surface area contributed by atoms with Crippen LogP contribution in [0.2, 0.25) is 0 Å². The van der Waals surface area contributed by atoms with E-state index in [2.05, 4.69) is 44.3 Å². The minimum Gasteiger partial charge on any atom is -0.496 e. The number of ether oxygens (including phenoxy) is 2. The predicted molar refractivity (Wildman–Crippen MR) is 88.9 cm³/mol. The highest BCUT2D eigenvalue weighted by Crippen LogP contribution is 2.37. The molecule has 1 heterocycles. The summed E-state index contributed by atoms with van der Waals surface area (Å²) < 4.78 is 10.9. The lowest BCUT2D eigenvalue weighted by molar-refractivity contribution is 0.403. The number of thiophene rings is 1. The molecule has 0 saturated carbocycles.